The summed E-state index contributed by atoms with van der Waals surface area (Å²) in [6.45, 7) is 9.01. The van der Waals surface area contributed by atoms with Crippen LogP contribution < -0.4 is 10.1 Å². The van der Waals surface area contributed by atoms with Crippen LogP contribution in [0, 0.1) is 11.3 Å². The summed E-state index contributed by atoms with van der Waals surface area (Å²) in [7, 11) is 0. The lowest BCUT2D eigenvalue weighted by atomic mass is 9.75. The van der Waals surface area contributed by atoms with Gasteiger partial charge in [0.25, 0.3) is 0 Å². The monoisotopic (exact) mass is 287 g/mol. The highest BCUT2D eigenvalue weighted by Crippen LogP contribution is 2.49. The SMILES string of the molecule is CCNC(c1ccc2c(c1)CCCO2)C1CCCC1(C)C. The molecule has 116 valence electrons. The Labute approximate surface area is 129 Å². The van der Waals surface area contributed by atoms with Crippen LogP contribution in [0.15, 0.2) is 18.2 Å². The van der Waals surface area contributed by atoms with E-state index >= 15 is 0 Å². The summed E-state index contributed by atoms with van der Waals surface area (Å²) in [6.07, 6.45) is 6.38. The molecule has 2 heteroatoms. The molecule has 0 saturated heterocycles. The van der Waals surface area contributed by atoms with E-state index in [0.29, 0.717) is 11.5 Å². The fraction of sp³-hybridized carbons (Fsp3) is 0.684. The van der Waals surface area contributed by atoms with Crippen LogP contribution in [0.2, 0.25) is 0 Å². The topological polar surface area (TPSA) is 21.3 Å². The summed E-state index contributed by atoms with van der Waals surface area (Å²) in [5.74, 6) is 1.84. The molecule has 0 radical (unpaired) electrons. The first kappa shape index (κ1) is 14.9. The predicted octanol–water partition coefficient (Wildman–Crippen LogP) is 4.49. The maximum atomic E-state index is 5.76. The van der Waals surface area contributed by atoms with Gasteiger partial charge in [0.15, 0.2) is 0 Å². The molecule has 21 heavy (non-hydrogen) atoms. The highest BCUT2D eigenvalue weighted by atomic mass is 16.5. The van der Waals surface area contributed by atoms with Crippen LogP contribution in [-0.4, -0.2) is 13.2 Å². The molecule has 2 atom stereocenters. The van der Waals surface area contributed by atoms with Gasteiger partial charge in [0, 0.05) is 6.04 Å². The average Bonchev–Trinajstić information content (AvgIpc) is 2.83. The zero-order valence-electron chi connectivity index (χ0n) is 13.7. The van der Waals surface area contributed by atoms with Crippen LogP contribution in [0.1, 0.15) is 63.6 Å². The first-order valence-electron chi connectivity index (χ1n) is 8.61. The molecule has 0 spiro atoms. The van der Waals surface area contributed by atoms with E-state index in [9.17, 15) is 0 Å². The minimum atomic E-state index is 0.444. The van der Waals surface area contributed by atoms with E-state index in [0.717, 1.165) is 37.7 Å². The summed E-state index contributed by atoms with van der Waals surface area (Å²) in [4.78, 5) is 0. The van der Waals surface area contributed by atoms with Crippen LogP contribution in [0.5, 0.6) is 5.75 Å². The molecular weight excluding hydrogens is 258 g/mol. The standard InChI is InChI=1S/C19H29NO/c1-4-20-18(16-8-5-11-19(16,2)3)15-9-10-17-14(13-15)7-6-12-21-17/h9-10,13,16,18,20H,4-8,11-12H2,1-3H3. The molecule has 1 aliphatic carbocycles. The summed E-state index contributed by atoms with van der Waals surface area (Å²) >= 11 is 0. The van der Waals surface area contributed by atoms with E-state index in [-0.39, 0.29) is 0 Å². The van der Waals surface area contributed by atoms with Crippen molar-refractivity contribution in [2.45, 2.75) is 58.9 Å². The Hall–Kier alpha value is -1.02. The second kappa shape index (κ2) is 6.00. The second-order valence-electron chi connectivity index (χ2n) is 7.34. The Morgan fingerprint density at radius 1 is 1.33 bits per heavy atom. The molecule has 1 fully saturated rings. The molecule has 2 aliphatic rings. The number of fused-ring (bicyclic) bond motifs is 1. The number of hydrogen-bond acceptors (Lipinski definition) is 2. The van der Waals surface area contributed by atoms with Crippen molar-refractivity contribution in [1.82, 2.24) is 5.32 Å². The summed E-state index contributed by atoms with van der Waals surface area (Å²) in [6, 6.07) is 7.36. The van der Waals surface area contributed by atoms with Crippen molar-refractivity contribution in [2.24, 2.45) is 11.3 Å². The average molecular weight is 287 g/mol. The van der Waals surface area contributed by atoms with E-state index in [1.165, 1.54) is 30.4 Å². The molecular formula is C19H29NO. The fourth-order valence-electron chi connectivity index (χ4n) is 4.26. The Morgan fingerprint density at radius 2 is 2.19 bits per heavy atom. The Morgan fingerprint density at radius 3 is 2.90 bits per heavy atom. The third-order valence-electron chi connectivity index (χ3n) is 5.46. The van der Waals surface area contributed by atoms with Crippen LogP contribution in [-0.2, 0) is 6.42 Å². The molecule has 2 nitrogen and oxygen atoms in total. The van der Waals surface area contributed by atoms with E-state index in [4.69, 9.17) is 4.74 Å². The van der Waals surface area contributed by atoms with Gasteiger partial charge < -0.3 is 10.1 Å². The van der Waals surface area contributed by atoms with Gasteiger partial charge in [-0.05, 0) is 60.8 Å². The van der Waals surface area contributed by atoms with Crippen molar-refractivity contribution in [3.05, 3.63) is 29.3 Å². The van der Waals surface area contributed by atoms with Gasteiger partial charge in [-0.2, -0.15) is 0 Å². The molecule has 0 amide bonds. The predicted molar refractivity (Wildman–Crippen MR) is 87.8 cm³/mol. The highest BCUT2D eigenvalue weighted by molar-refractivity contribution is 5.40. The van der Waals surface area contributed by atoms with Crippen molar-refractivity contribution in [1.29, 1.82) is 0 Å². The number of rotatable bonds is 4. The van der Waals surface area contributed by atoms with Crippen molar-refractivity contribution in [3.8, 4) is 5.75 Å². The highest BCUT2D eigenvalue weighted by Gasteiger charge is 2.39. The lowest BCUT2D eigenvalue weighted by Gasteiger charge is -2.35. The van der Waals surface area contributed by atoms with Gasteiger partial charge in [-0.1, -0.05) is 39.3 Å². The van der Waals surface area contributed by atoms with E-state index in [1.54, 1.807) is 0 Å². The van der Waals surface area contributed by atoms with Gasteiger partial charge in [0.2, 0.25) is 0 Å². The van der Waals surface area contributed by atoms with Crippen molar-refractivity contribution >= 4 is 0 Å². The molecule has 3 rings (SSSR count). The lowest BCUT2D eigenvalue weighted by molar-refractivity contribution is 0.199. The van der Waals surface area contributed by atoms with Crippen LogP contribution >= 0.6 is 0 Å². The minimum absolute atomic E-state index is 0.444. The third-order valence-corrected chi connectivity index (χ3v) is 5.46. The molecule has 2 unspecified atom stereocenters. The Bertz CT molecular complexity index is 494. The van der Waals surface area contributed by atoms with Crippen molar-refractivity contribution in [2.75, 3.05) is 13.2 Å². The van der Waals surface area contributed by atoms with Crippen molar-refractivity contribution in [3.63, 3.8) is 0 Å². The lowest BCUT2D eigenvalue weighted by Crippen LogP contribution is -2.34. The molecule has 0 bridgehead atoms. The van der Waals surface area contributed by atoms with Gasteiger partial charge in [0.05, 0.1) is 6.61 Å². The number of benzene rings is 1. The largest absolute Gasteiger partial charge is 0.493 e. The van der Waals surface area contributed by atoms with Gasteiger partial charge in [0.1, 0.15) is 5.75 Å². The smallest absolute Gasteiger partial charge is 0.122 e. The third kappa shape index (κ3) is 2.96. The van der Waals surface area contributed by atoms with Crippen LogP contribution in [0.25, 0.3) is 0 Å². The quantitative estimate of drug-likeness (QED) is 0.881. The maximum absolute atomic E-state index is 5.76. The van der Waals surface area contributed by atoms with Crippen LogP contribution in [0.4, 0.5) is 0 Å². The molecule has 1 saturated carbocycles. The van der Waals surface area contributed by atoms with Gasteiger partial charge in [-0.15, -0.1) is 0 Å². The number of aryl methyl sites for hydroxylation is 1. The maximum Gasteiger partial charge on any atom is 0.122 e. The molecule has 0 aromatic heterocycles. The number of hydrogen-bond donors (Lipinski definition) is 1. The normalized spacial score (nSPS) is 25.2. The first-order valence-corrected chi connectivity index (χ1v) is 8.61. The minimum Gasteiger partial charge on any atom is -0.493 e. The van der Waals surface area contributed by atoms with Gasteiger partial charge >= 0.3 is 0 Å². The Balaban J connectivity index is 1.90. The summed E-state index contributed by atoms with van der Waals surface area (Å²) < 4.78 is 5.76. The second-order valence-corrected chi connectivity index (χ2v) is 7.34. The summed E-state index contributed by atoms with van der Waals surface area (Å²) in [5, 5.41) is 3.76. The van der Waals surface area contributed by atoms with E-state index in [1.807, 2.05) is 0 Å². The fourth-order valence-corrected chi connectivity index (χ4v) is 4.26. The molecule has 1 aromatic carbocycles. The number of ether oxygens (including phenoxy) is 1. The van der Waals surface area contributed by atoms with E-state index < -0.39 is 0 Å². The molecule has 1 aliphatic heterocycles. The van der Waals surface area contributed by atoms with Gasteiger partial charge in [-0.25, -0.2) is 0 Å². The van der Waals surface area contributed by atoms with Crippen molar-refractivity contribution < 1.29 is 4.74 Å². The molecule has 1 aromatic rings. The summed E-state index contributed by atoms with van der Waals surface area (Å²) in [5.41, 5.74) is 3.30. The first-order chi connectivity index (χ1) is 10.1. The van der Waals surface area contributed by atoms with E-state index in [2.05, 4.69) is 44.3 Å². The zero-order chi connectivity index (χ0) is 14.9. The number of nitrogens with one attached hydrogen (secondary N) is 1. The molecule has 1 N–H and O–H groups in total. The van der Waals surface area contributed by atoms with Gasteiger partial charge in [-0.3, -0.25) is 0 Å². The Kier molecular flexibility index (Phi) is 4.26. The zero-order valence-corrected chi connectivity index (χ0v) is 13.7. The van der Waals surface area contributed by atoms with Crippen LogP contribution in [0.3, 0.4) is 0 Å². The molecule has 1 heterocycles.